The van der Waals surface area contributed by atoms with Crippen molar-refractivity contribution in [2.75, 3.05) is 6.54 Å². The topological polar surface area (TPSA) is 56.3 Å². The van der Waals surface area contributed by atoms with Crippen molar-refractivity contribution in [1.29, 1.82) is 0 Å². The van der Waals surface area contributed by atoms with E-state index in [1.807, 2.05) is 6.20 Å². The van der Waals surface area contributed by atoms with E-state index in [1.54, 1.807) is 12.1 Å². The molecule has 5 rings (SSSR count). The summed E-state index contributed by atoms with van der Waals surface area (Å²) in [5.74, 6) is -4.51. The first-order valence-corrected chi connectivity index (χ1v) is 10.8. The van der Waals surface area contributed by atoms with E-state index in [4.69, 9.17) is 0 Å². The molecule has 6 heteroatoms. The quantitative estimate of drug-likeness (QED) is 0.565. The van der Waals surface area contributed by atoms with Crippen LogP contribution in [-0.2, 0) is 6.54 Å². The van der Waals surface area contributed by atoms with Gasteiger partial charge >= 0.3 is 5.97 Å². The van der Waals surface area contributed by atoms with Gasteiger partial charge in [0.15, 0.2) is 0 Å². The van der Waals surface area contributed by atoms with Crippen molar-refractivity contribution < 1.29 is 18.7 Å². The SMILES string of the molecule is Cc1cc(C)c2[nH]ccc2c1CN1CC2CCC(F)(F)C2C1c1ccc(C(=O)O)cc1. The lowest BCUT2D eigenvalue weighted by molar-refractivity contribution is -0.0576. The minimum Gasteiger partial charge on any atom is -0.478 e. The van der Waals surface area contributed by atoms with Gasteiger partial charge in [0.05, 0.1) is 5.56 Å². The number of H-pyrrole nitrogens is 1. The van der Waals surface area contributed by atoms with Crippen LogP contribution in [0.5, 0.6) is 0 Å². The van der Waals surface area contributed by atoms with Crippen LogP contribution in [0, 0.1) is 25.7 Å². The average Bonchev–Trinajstić information content (AvgIpc) is 3.41. The molecule has 0 spiro atoms. The second-order valence-corrected chi connectivity index (χ2v) is 9.14. The Kier molecular flexibility index (Phi) is 4.66. The van der Waals surface area contributed by atoms with E-state index < -0.39 is 23.9 Å². The van der Waals surface area contributed by atoms with Gasteiger partial charge in [-0.15, -0.1) is 0 Å². The Balaban J connectivity index is 1.56. The van der Waals surface area contributed by atoms with Gasteiger partial charge in [-0.25, -0.2) is 13.6 Å². The number of nitrogens with one attached hydrogen (secondary N) is 1. The molecule has 1 saturated heterocycles. The molecule has 1 aliphatic heterocycles. The third kappa shape index (κ3) is 3.24. The summed E-state index contributed by atoms with van der Waals surface area (Å²) >= 11 is 0. The van der Waals surface area contributed by atoms with Crippen molar-refractivity contribution >= 4 is 16.9 Å². The van der Waals surface area contributed by atoms with Crippen molar-refractivity contribution in [3.63, 3.8) is 0 Å². The summed E-state index contributed by atoms with van der Waals surface area (Å²) in [7, 11) is 0. The minimum absolute atomic E-state index is 0.0494. The summed E-state index contributed by atoms with van der Waals surface area (Å²) in [5.41, 5.74) is 5.53. The summed E-state index contributed by atoms with van der Waals surface area (Å²) in [5, 5.41) is 10.4. The number of aromatic carboxylic acids is 1. The fourth-order valence-corrected chi connectivity index (χ4v) is 5.86. The van der Waals surface area contributed by atoms with Crippen LogP contribution >= 0.6 is 0 Å². The smallest absolute Gasteiger partial charge is 0.335 e. The van der Waals surface area contributed by atoms with Gasteiger partial charge in [0, 0.05) is 48.6 Å². The van der Waals surface area contributed by atoms with E-state index in [9.17, 15) is 18.7 Å². The average molecular weight is 424 g/mol. The Labute approximate surface area is 179 Å². The number of aromatic nitrogens is 1. The number of benzene rings is 2. The predicted octanol–water partition coefficient (Wildman–Crippen LogP) is 5.70. The summed E-state index contributed by atoms with van der Waals surface area (Å²) in [6.07, 6.45) is 2.39. The van der Waals surface area contributed by atoms with E-state index in [-0.39, 0.29) is 17.9 Å². The highest BCUT2D eigenvalue weighted by molar-refractivity contribution is 5.88. The van der Waals surface area contributed by atoms with Gasteiger partial charge in [0.2, 0.25) is 0 Å². The van der Waals surface area contributed by atoms with Crippen molar-refractivity contribution in [1.82, 2.24) is 9.88 Å². The standard InChI is InChI=1S/C25H26F2N2O2/c1-14-11-15(2)22-19(8-10-28-22)20(14)13-29-12-18-7-9-25(26,27)21(18)23(29)16-3-5-17(6-4-16)24(30)31/h3-6,8,10-11,18,21,23,28H,7,9,12-13H2,1-2H3,(H,30,31). The Bertz CT molecular complexity index is 1150. The number of hydrogen-bond acceptors (Lipinski definition) is 2. The van der Waals surface area contributed by atoms with Crippen LogP contribution in [0.2, 0.25) is 0 Å². The first-order valence-electron chi connectivity index (χ1n) is 10.8. The van der Waals surface area contributed by atoms with Gasteiger partial charge in [-0.05, 0) is 66.6 Å². The lowest BCUT2D eigenvalue weighted by Crippen LogP contribution is -2.33. The molecule has 4 nitrogen and oxygen atoms in total. The van der Waals surface area contributed by atoms with Gasteiger partial charge < -0.3 is 10.1 Å². The lowest BCUT2D eigenvalue weighted by Gasteiger charge is -2.32. The maximum atomic E-state index is 15.0. The van der Waals surface area contributed by atoms with Crippen molar-refractivity contribution in [2.24, 2.45) is 11.8 Å². The second kappa shape index (κ2) is 7.16. The molecule has 3 unspecified atom stereocenters. The number of carbonyl (C=O) groups is 1. The number of hydrogen-bond donors (Lipinski definition) is 2. The van der Waals surface area contributed by atoms with E-state index >= 15 is 0 Å². The van der Waals surface area contributed by atoms with Gasteiger partial charge in [0.1, 0.15) is 0 Å². The highest BCUT2D eigenvalue weighted by Crippen LogP contribution is 2.57. The number of aryl methyl sites for hydroxylation is 2. The maximum Gasteiger partial charge on any atom is 0.335 e. The lowest BCUT2D eigenvalue weighted by atomic mass is 9.87. The van der Waals surface area contributed by atoms with E-state index in [2.05, 4.69) is 35.9 Å². The van der Waals surface area contributed by atoms with Crippen LogP contribution in [0.15, 0.2) is 42.6 Å². The Hall–Kier alpha value is -2.73. The number of alkyl halides is 2. The molecule has 3 aromatic rings. The Morgan fingerprint density at radius 3 is 2.65 bits per heavy atom. The van der Waals surface area contributed by atoms with E-state index in [0.29, 0.717) is 19.5 Å². The van der Waals surface area contributed by atoms with E-state index in [1.165, 1.54) is 17.7 Å². The third-order valence-electron chi connectivity index (χ3n) is 7.28. The molecular formula is C25H26F2N2O2. The van der Waals surface area contributed by atoms with E-state index in [0.717, 1.165) is 27.6 Å². The molecular weight excluding hydrogens is 398 g/mol. The zero-order chi connectivity index (χ0) is 21.9. The van der Waals surface area contributed by atoms with Crippen LogP contribution in [-0.4, -0.2) is 33.4 Å². The first kappa shape index (κ1) is 20.2. The molecule has 0 amide bonds. The fraction of sp³-hybridized carbons (Fsp3) is 0.400. The van der Waals surface area contributed by atoms with Crippen molar-refractivity contribution in [2.45, 2.75) is 45.2 Å². The minimum atomic E-state index is -2.71. The summed E-state index contributed by atoms with van der Waals surface area (Å²) in [6.45, 7) is 5.37. The molecule has 1 aliphatic carbocycles. The summed E-state index contributed by atoms with van der Waals surface area (Å²) in [4.78, 5) is 16.7. The van der Waals surface area contributed by atoms with Crippen molar-refractivity contribution in [3.8, 4) is 0 Å². The maximum absolute atomic E-state index is 15.0. The number of halogens is 2. The number of rotatable bonds is 4. The molecule has 162 valence electrons. The molecule has 31 heavy (non-hydrogen) atoms. The molecule has 2 aliphatic rings. The number of likely N-dealkylation sites (tertiary alicyclic amines) is 1. The number of carboxylic acids is 1. The number of aromatic amines is 1. The zero-order valence-electron chi connectivity index (χ0n) is 17.7. The first-order chi connectivity index (χ1) is 14.8. The van der Waals surface area contributed by atoms with Gasteiger partial charge in [-0.3, -0.25) is 4.90 Å². The summed E-state index contributed by atoms with van der Waals surface area (Å²) in [6, 6.07) is 10.3. The highest BCUT2D eigenvalue weighted by atomic mass is 19.3. The Morgan fingerprint density at radius 2 is 1.94 bits per heavy atom. The van der Waals surface area contributed by atoms with Crippen LogP contribution in [0.25, 0.3) is 10.9 Å². The van der Waals surface area contributed by atoms with Crippen molar-refractivity contribution in [3.05, 3.63) is 70.4 Å². The molecule has 2 N–H and O–H groups in total. The molecule has 3 atom stereocenters. The number of fused-ring (bicyclic) bond motifs is 2. The molecule has 2 fully saturated rings. The van der Waals surface area contributed by atoms with Crippen LogP contribution in [0.1, 0.15) is 51.5 Å². The third-order valence-corrected chi connectivity index (χ3v) is 7.28. The second-order valence-electron chi connectivity index (χ2n) is 9.14. The van der Waals surface area contributed by atoms with Crippen LogP contribution < -0.4 is 0 Å². The molecule has 2 heterocycles. The largest absolute Gasteiger partial charge is 0.478 e. The monoisotopic (exact) mass is 424 g/mol. The summed E-state index contributed by atoms with van der Waals surface area (Å²) < 4.78 is 29.9. The molecule has 1 saturated carbocycles. The Morgan fingerprint density at radius 1 is 1.19 bits per heavy atom. The van der Waals surface area contributed by atoms with Crippen LogP contribution in [0.3, 0.4) is 0 Å². The zero-order valence-corrected chi connectivity index (χ0v) is 17.7. The van der Waals surface area contributed by atoms with Gasteiger partial charge in [-0.2, -0.15) is 0 Å². The normalized spacial score (nSPS) is 25.2. The number of nitrogens with zero attached hydrogens (tertiary/aromatic N) is 1. The fourth-order valence-electron chi connectivity index (χ4n) is 5.86. The van der Waals surface area contributed by atoms with Crippen LogP contribution in [0.4, 0.5) is 8.78 Å². The molecule has 0 bridgehead atoms. The predicted molar refractivity (Wildman–Crippen MR) is 115 cm³/mol. The van der Waals surface area contributed by atoms with Gasteiger partial charge in [-0.1, -0.05) is 18.2 Å². The highest BCUT2D eigenvalue weighted by Gasteiger charge is 2.59. The van der Waals surface area contributed by atoms with Gasteiger partial charge in [0.25, 0.3) is 5.92 Å². The molecule has 1 aromatic heterocycles. The molecule has 0 radical (unpaired) electrons. The molecule has 2 aromatic carbocycles. The number of carboxylic acid groups (broad SMARTS) is 1.